The van der Waals surface area contributed by atoms with Crippen molar-refractivity contribution in [2.75, 3.05) is 26.9 Å². The van der Waals surface area contributed by atoms with Crippen LogP contribution in [0.25, 0.3) is 0 Å². The maximum absolute atomic E-state index is 12.2. The molecule has 1 atom stereocenters. The molecule has 0 aliphatic heterocycles. The van der Waals surface area contributed by atoms with Crippen molar-refractivity contribution in [3.63, 3.8) is 0 Å². The Balaban J connectivity index is 3.48. The minimum Gasteiger partial charge on any atom is -0.378 e. The second-order valence-corrected chi connectivity index (χ2v) is 12.2. The molecule has 0 saturated heterocycles. The van der Waals surface area contributed by atoms with E-state index in [1.54, 1.807) is 7.05 Å². The molecule has 0 unspecified atom stereocenters. The zero-order valence-corrected chi connectivity index (χ0v) is 27.7. The fourth-order valence-corrected chi connectivity index (χ4v) is 5.47. The predicted octanol–water partition coefficient (Wildman–Crippen LogP) is 11.1. The van der Waals surface area contributed by atoms with Gasteiger partial charge in [0.05, 0.1) is 6.61 Å². The molecule has 0 fully saturated rings. The van der Waals surface area contributed by atoms with E-state index in [1.165, 1.54) is 167 Å². The summed E-state index contributed by atoms with van der Waals surface area (Å²) in [6.45, 7) is 6.32. The van der Waals surface area contributed by atoms with Gasteiger partial charge in [-0.2, -0.15) is 0 Å². The molecule has 0 spiro atoms. The van der Waals surface area contributed by atoms with Crippen molar-refractivity contribution in [3.05, 3.63) is 0 Å². The van der Waals surface area contributed by atoms with Crippen LogP contribution in [0.2, 0.25) is 0 Å². The molecule has 0 bridgehead atoms. The van der Waals surface area contributed by atoms with Gasteiger partial charge in [0.2, 0.25) is 0 Å². The Morgan fingerprint density at radius 1 is 0.475 bits per heavy atom. The van der Waals surface area contributed by atoms with E-state index < -0.39 is 6.10 Å². The molecule has 0 radical (unpaired) electrons. The normalized spacial score (nSPS) is 12.2. The van der Waals surface area contributed by atoms with Gasteiger partial charge < -0.3 is 14.8 Å². The number of hydrogen-bond donors (Lipinski definition) is 1. The molecular formula is C36H73NO3. The largest absolute Gasteiger partial charge is 0.378 e. The van der Waals surface area contributed by atoms with Gasteiger partial charge in [-0.1, -0.05) is 181 Å². The molecule has 40 heavy (non-hydrogen) atoms. The molecule has 0 aliphatic carbocycles. The van der Waals surface area contributed by atoms with Gasteiger partial charge >= 0.3 is 0 Å². The predicted molar refractivity (Wildman–Crippen MR) is 175 cm³/mol. The van der Waals surface area contributed by atoms with E-state index in [4.69, 9.17) is 9.47 Å². The van der Waals surface area contributed by atoms with Crippen molar-refractivity contribution in [2.24, 2.45) is 0 Å². The summed E-state index contributed by atoms with van der Waals surface area (Å²) < 4.78 is 11.7. The average Bonchev–Trinajstić information content (AvgIpc) is 2.97. The Labute approximate surface area is 251 Å². The molecule has 0 aromatic heterocycles. The van der Waals surface area contributed by atoms with Crippen LogP contribution in [0.3, 0.4) is 0 Å². The van der Waals surface area contributed by atoms with E-state index in [0.29, 0.717) is 13.2 Å². The standard InChI is InChI=1S/C36H73NO3/c1-4-6-8-10-12-14-16-18-20-22-24-26-28-30-32-39-34-35(36(38)37-3)40-33-31-29-27-25-23-21-19-17-15-13-11-9-7-5-2/h35H,4-34H2,1-3H3,(H,37,38)/t35-/m1/s1. The maximum Gasteiger partial charge on any atom is 0.251 e. The first kappa shape index (κ1) is 39.4. The van der Waals surface area contributed by atoms with Gasteiger partial charge in [0.25, 0.3) is 5.91 Å². The number of ether oxygens (including phenoxy) is 2. The quantitative estimate of drug-likeness (QED) is 0.0787. The second-order valence-electron chi connectivity index (χ2n) is 12.2. The number of nitrogens with one attached hydrogen (secondary N) is 1. The minimum atomic E-state index is -0.474. The van der Waals surface area contributed by atoms with E-state index in [9.17, 15) is 4.79 Å². The van der Waals surface area contributed by atoms with Crippen LogP contribution in [-0.4, -0.2) is 38.9 Å². The molecule has 4 nitrogen and oxygen atoms in total. The van der Waals surface area contributed by atoms with E-state index >= 15 is 0 Å². The monoisotopic (exact) mass is 568 g/mol. The fourth-order valence-electron chi connectivity index (χ4n) is 5.47. The van der Waals surface area contributed by atoms with E-state index in [-0.39, 0.29) is 5.91 Å². The molecule has 1 N–H and O–H groups in total. The lowest BCUT2D eigenvalue weighted by molar-refractivity contribution is -0.136. The summed E-state index contributed by atoms with van der Waals surface area (Å²) in [6.07, 6.45) is 37.5. The van der Waals surface area contributed by atoms with Gasteiger partial charge in [-0.25, -0.2) is 0 Å². The SMILES string of the molecule is CCCCCCCCCCCCCCCCOC[C@@H](OCCCCCCCCCCCCCCCC)C(=O)NC. The number of unbranched alkanes of at least 4 members (excludes halogenated alkanes) is 26. The average molecular weight is 568 g/mol. The molecule has 1 amide bonds. The highest BCUT2D eigenvalue weighted by molar-refractivity contribution is 5.80. The van der Waals surface area contributed by atoms with Gasteiger partial charge in [-0.15, -0.1) is 0 Å². The molecule has 0 saturated carbocycles. The van der Waals surface area contributed by atoms with Crippen LogP contribution in [0, 0.1) is 0 Å². The highest BCUT2D eigenvalue weighted by Gasteiger charge is 2.17. The summed E-state index contributed by atoms with van der Waals surface area (Å²) in [5.41, 5.74) is 0. The highest BCUT2D eigenvalue weighted by Crippen LogP contribution is 2.14. The Morgan fingerprint density at radius 3 is 1.10 bits per heavy atom. The maximum atomic E-state index is 12.2. The van der Waals surface area contributed by atoms with E-state index in [1.807, 2.05) is 0 Å². The van der Waals surface area contributed by atoms with Gasteiger partial charge in [-0.05, 0) is 12.8 Å². The molecular weight excluding hydrogens is 494 g/mol. The van der Waals surface area contributed by atoms with E-state index in [2.05, 4.69) is 19.2 Å². The van der Waals surface area contributed by atoms with Crippen LogP contribution < -0.4 is 5.32 Å². The Morgan fingerprint density at radius 2 is 0.775 bits per heavy atom. The van der Waals surface area contributed by atoms with Crippen molar-refractivity contribution >= 4 is 5.91 Å². The number of rotatable bonds is 34. The molecule has 0 aromatic carbocycles. The van der Waals surface area contributed by atoms with Crippen LogP contribution in [0.15, 0.2) is 0 Å². The third-order valence-electron chi connectivity index (χ3n) is 8.27. The van der Waals surface area contributed by atoms with Gasteiger partial charge in [-0.3, -0.25) is 4.79 Å². The Bertz CT molecular complexity index is 485. The number of hydrogen-bond acceptors (Lipinski definition) is 3. The van der Waals surface area contributed by atoms with Crippen molar-refractivity contribution in [1.29, 1.82) is 0 Å². The first-order chi connectivity index (χ1) is 19.8. The third-order valence-corrected chi connectivity index (χ3v) is 8.27. The second kappa shape index (κ2) is 34.6. The fraction of sp³-hybridized carbons (Fsp3) is 0.972. The zero-order chi connectivity index (χ0) is 29.2. The summed E-state index contributed by atoms with van der Waals surface area (Å²) in [4.78, 5) is 12.2. The van der Waals surface area contributed by atoms with Gasteiger partial charge in [0.15, 0.2) is 6.10 Å². The van der Waals surface area contributed by atoms with Crippen molar-refractivity contribution in [3.8, 4) is 0 Å². The third kappa shape index (κ3) is 30.4. The zero-order valence-electron chi connectivity index (χ0n) is 27.7. The highest BCUT2D eigenvalue weighted by atomic mass is 16.5. The first-order valence-electron chi connectivity index (χ1n) is 18.2. The smallest absolute Gasteiger partial charge is 0.251 e. The molecule has 240 valence electrons. The van der Waals surface area contributed by atoms with Crippen LogP contribution in [0.1, 0.15) is 194 Å². The lowest BCUT2D eigenvalue weighted by Gasteiger charge is -2.16. The Hall–Kier alpha value is -0.610. The van der Waals surface area contributed by atoms with Crippen LogP contribution >= 0.6 is 0 Å². The summed E-state index contributed by atoms with van der Waals surface area (Å²) >= 11 is 0. The lowest BCUT2D eigenvalue weighted by atomic mass is 10.0. The molecule has 4 heteroatoms. The lowest BCUT2D eigenvalue weighted by Crippen LogP contribution is -2.38. The van der Waals surface area contributed by atoms with Crippen LogP contribution in [0.4, 0.5) is 0 Å². The van der Waals surface area contributed by atoms with Gasteiger partial charge in [0, 0.05) is 20.3 Å². The first-order valence-corrected chi connectivity index (χ1v) is 18.2. The summed E-state index contributed by atoms with van der Waals surface area (Å²) in [5.74, 6) is -0.0636. The van der Waals surface area contributed by atoms with Crippen molar-refractivity contribution < 1.29 is 14.3 Å². The number of likely N-dealkylation sites (N-methyl/N-ethyl adjacent to an activating group) is 1. The van der Waals surface area contributed by atoms with Crippen LogP contribution in [0.5, 0.6) is 0 Å². The Kier molecular flexibility index (Phi) is 34.1. The summed E-state index contributed by atoms with van der Waals surface area (Å²) in [5, 5.41) is 2.73. The topological polar surface area (TPSA) is 47.6 Å². The van der Waals surface area contributed by atoms with Gasteiger partial charge in [0.1, 0.15) is 0 Å². The molecule has 0 rings (SSSR count). The number of carbonyl (C=O) groups is 1. The number of amides is 1. The number of carbonyl (C=O) groups excluding carboxylic acids is 1. The molecule has 0 aliphatic rings. The summed E-state index contributed by atoms with van der Waals surface area (Å²) in [6, 6.07) is 0. The summed E-state index contributed by atoms with van der Waals surface area (Å²) in [7, 11) is 1.68. The van der Waals surface area contributed by atoms with Crippen molar-refractivity contribution in [2.45, 2.75) is 200 Å². The van der Waals surface area contributed by atoms with E-state index in [0.717, 1.165) is 19.4 Å². The van der Waals surface area contributed by atoms with Crippen LogP contribution in [-0.2, 0) is 14.3 Å². The minimum absolute atomic E-state index is 0.0636. The van der Waals surface area contributed by atoms with Crippen molar-refractivity contribution in [1.82, 2.24) is 5.32 Å². The molecule has 0 heterocycles. The molecule has 0 aromatic rings.